The predicted octanol–water partition coefficient (Wildman–Crippen LogP) is 2.63. The van der Waals surface area contributed by atoms with Crippen LogP contribution in [0.3, 0.4) is 0 Å². The van der Waals surface area contributed by atoms with Crippen molar-refractivity contribution in [2.24, 2.45) is 0 Å². The van der Waals surface area contributed by atoms with Gasteiger partial charge in [-0.1, -0.05) is 11.6 Å². The van der Waals surface area contributed by atoms with Gasteiger partial charge in [-0.2, -0.15) is 10.2 Å². The van der Waals surface area contributed by atoms with E-state index in [4.69, 9.17) is 11.6 Å². The molecule has 0 spiro atoms. The van der Waals surface area contributed by atoms with Gasteiger partial charge in [0.2, 0.25) is 0 Å². The summed E-state index contributed by atoms with van der Waals surface area (Å²) in [5.74, 6) is 0. The summed E-state index contributed by atoms with van der Waals surface area (Å²) in [6.45, 7) is 8.98. The Labute approximate surface area is 123 Å². The molecule has 2 aromatic rings. The highest BCUT2D eigenvalue weighted by atomic mass is 35.5. The van der Waals surface area contributed by atoms with Crippen molar-refractivity contribution < 1.29 is 0 Å². The van der Waals surface area contributed by atoms with Crippen LogP contribution in [0, 0.1) is 20.8 Å². The fraction of sp³-hybridized carbons (Fsp3) is 0.571. The molecule has 6 heteroatoms. The van der Waals surface area contributed by atoms with E-state index in [-0.39, 0.29) is 0 Å². The van der Waals surface area contributed by atoms with Crippen LogP contribution in [0.1, 0.15) is 35.2 Å². The van der Waals surface area contributed by atoms with E-state index in [9.17, 15) is 0 Å². The van der Waals surface area contributed by atoms with Gasteiger partial charge < -0.3 is 0 Å². The highest BCUT2D eigenvalue weighted by Crippen LogP contribution is 2.26. The number of aromatic nitrogens is 4. The number of hydrogen-bond acceptors (Lipinski definition) is 3. The molecule has 0 saturated carbocycles. The van der Waals surface area contributed by atoms with Gasteiger partial charge in [0.05, 0.1) is 28.1 Å². The van der Waals surface area contributed by atoms with Crippen molar-refractivity contribution in [3.05, 3.63) is 33.9 Å². The first-order chi connectivity index (χ1) is 9.54. The lowest BCUT2D eigenvalue weighted by Crippen LogP contribution is -2.22. The lowest BCUT2D eigenvalue weighted by Gasteiger charge is -2.16. The van der Waals surface area contributed by atoms with Crippen molar-refractivity contribution in [1.82, 2.24) is 24.9 Å². The second kappa shape index (κ2) is 5.22. The molecule has 5 nitrogen and oxygen atoms in total. The maximum Gasteiger partial charge on any atom is 0.0951 e. The lowest BCUT2D eigenvalue weighted by atomic mass is 10.2. The van der Waals surface area contributed by atoms with E-state index in [2.05, 4.69) is 37.9 Å². The molecule has 1 aliphatic heterocycles. The predicted molar refractivity (Wildman–Crippen MR) is 79.0 cm³/mol. The molecule has 0 aliphatic carbocycles. The first-order valence-electron chi connectivity index (χ1n) is 6.99. The molecular weight excluding hydrogens is 274 g/mol. The van der Waals surface area contributed by atoms with Crippen molar-refractivity contribution in [2.45, 2.75) is 39.8 Å². The van der Waals surface area contributed by atoms with Crippen molar-refractivity contribution in [3.8, 4) is 0 Å². The number of H-pyrrole nitrogens is 1. The van der Waals surface area contributed by atoms with Gasteiger partial charge in [0.1, 0.15) is 0 Å². The van der Waals surface area contributed by atoms with E-state index in [0.717, 1.165) is 48.2 Å². The van der Waals surface area contributed by atoms with Gasteiger partial charge in [0, 0.05) is 25.3 Å². The minimum absolute atomic E-state index is 0.461. The lowest BCUT2D eigenvalue weighted by molar-refractivity contribution is 0.307. The maximum absolute atomic E-state index is 6.23. The highest BCUT2D eigenvalue weighted by Gasteiger charge is 2.26. The molecule has 0 unspecified atom stereocenters. The topological polar surface area (TPSA) is 49.7 Å². The molecule has 0 radical (unpaired) electrons. The third-order valence-corrected chi connectivity index (χ3v) is 4.45. The minimum atomic E-state index is 0.461. The minimum Gasteiger partial charge on any atom is -0.295 e. The second-order valence-corrected chi connectivity index (χ2v) is 6.04. The summed E-state index contributed by atoms with van der Waals surface area (Å²) in [5, 5.41) is 12.6. The van der Waals surface area contributed by atoms with E-state index >= 15 is 0 Å². The van der Waals surface area contributed by atoms with Crippen molar-refractivity contribution in [3.63, 3.8) is 0 Å². The van der Waals surface area contributed by atoms with Gasteiger partial charge in [-0.25, -0.2) is 0 Å². The summed E-state index contributed by atoms with van der Waals surface area (Å²) in [6.07, 6.45) is 1.13. The van der Waals surface area contributed by atoms with Crippen LogP contribution in [0.25, 0.3) is 0 Å². The van der Waals surface area contributed by atoms with Gasteiger partial charge in [-0.3, -0.25) is 14.7 Å². The summed E-state index contributed by atoms with van der Waals surface area (Å²) >= 11 is 6.23. The Kier molecular flexibility index (Phi) is 3.56. The van der Waals surface area contributed by atoms with Crippen LogP contribution in [-0.4, -0.2) is 38.0 Å². The normalized spacial score (nSPS) is 19.9. The standard InChI is InChI=1S/C14H20ClN5/c1-9-6-10(2)20(18-9)12-4-5-19(7-12)8-13-14(15)11(3)16-17-13/h6,12H,4-5,7-8H2,1-3H3,(H,16,17)/t12-/m0/s1. The van der Waals surface area contributed by atoms with E-state index in [1.807, 2.05) is 13.8 Å². The van der Waals surface area contributed by atoms with Crippen LogP contribution in [0.4, 0.5) is 0 Å². The number of aryl methyl sites for hydroxylation is 3. The van der Waals surface area contributed by atoms with Crippen LogP contribution in [0.5, 0.6) is 0 Å². The van der Waals surface area contributed by atoms with Gasteiger partial charge >= 0.3 is 0 Å². The summed E-state index contributed by atoms with van der Waals surface area (Å²) in [6, 6.07) is 2.60. The molecule has 3 heterocycles. The van der Waals surface area contributed by atoms with Crippen LogP contribution < -0.4 is 0 Å². The number of hydrogen-bond donors (Lipinski definition) is 1. The Hall–Kier alpha value is -1.33. The maximum atomic E-state index is 6.23. The Balaban J connectivity index is 1.68. The molecule has 1 N–H and O–H groups in total. The number of nitrogens with one attached hydrogen (secondary N) is 1. The molecule has 0 amide bonds. The molecular formula is C14H20ClN5. The SMILES string of the molecule is Cc1cc(C)n([C@H]2CCN(Cc3n[nH]c(C)c3Cl)C2)n1. The molecule has 20 heavy (non-hydrogen) atoms. The average Bonchev–Trinajstić information content (AvgIpc) is 3.06. The zero-order valence-electron chi connectivity index (χ0n) is 12.1. The molecule has 2 aromatic heterocycles. The Morgan fingerprint density at radius 2 is 2.20 bits per heavy atom. The van der Waals surface area contributed by atoms with Gasteiger partial charge in [0.25, 0.3) is 0 Å². The first kappa shape index (κ1) is 13.6. The van der Waals surface area contributed by atoms with Gasteiger partial charge in [-0.05, 0) is 33.3 Å². The average molecular weight is 294 g/mol. The quantitative estimate of drug-likeness (QED) is 0.946. The molecule has 1 aliphatic rings. The third-order valence-electron chi connectivity index (χ3n) is 3.95. The zero-order valence-corrected chi connectivity index (χ0v) is 12.9. The molecule has 1 atom stereocenters. The summed E-state index contributed by atoms with van der Waals surface area (Å²) < 4.78 is 2.16. The van der Waals surface area contributed by atoms with E-state index in [0.29, 0.717) is 6.04 Å². The van der Waals surface area contributed by atoms with Crippen LogP contribution in [-0.2, 0) is 6.54 Å². The Morgan fingerprint density at radius 1 is 1.40 bits per heavy atom. The fourth-order valence-corrected chi connectivity index (χ4v) is 3.10. The van der Waals surface area contributed by atoms with Crippen LogP contribution in [0.15, 0.2) is 6.07 Å². The summed E-state index contributed by atoms with van der Waals surface area (Å²) in [5.41, 5.74) is 4.21. The number of rotatable bonds is 3. The van der Waals surface area contributed by atoms with Gasteiger partial charge in [-0.15, -0.1) is 0 Å². The largest absolute Gasteiger partial charge is 0.295 e. The van der Waals surface area contributed by atoms with Crippen molar-refractivity contribution in [2.75, 3.05) is 13.1 Å². The first-order valence-corrected chi connectivity index (χ1v) is 7.37. The number of halogens is 1. The van der Waals surface area contributed by atoms with Gasteiger partial charge in [0.15, 0.2) is 0 Å². The number of aromatic amines is 1. The second-order valence-electron chi connectivity index (χ2n) is 5.66. The molecule has 1 saturated heterocycles. The number of likely N-dealkylation sites (tertiary alicyclic amines) is 1. The van der Waals surface area contributed by atoms with E-state index < -0.39 is 0 Å². The zero-order chi connectivity index (χ0) is 14.3. The summed E-state index contributed by atoms with van der Waals surface area (Å²) in [4.78, 5) is 2.39. The van der Waals surface area contributed by atoms with Crippen molar-refractivity contribution >= 4 is 11.6 Å². The van der Waals surface area contributed by atoms with Crippen LogP contribution >= 0.6 is 11.6 Å². The fourth-order valence-electron chi connectivity index (χ4n) is 2.95. The third kappa shape index (κ3) is 2.47. The smallest absolute Gasteiger partial charge is 0.0951 e. The molecule has 0 aromatic carbocycles. The molecule has 3 rings (SSSR count). The van der Waals surface area contributed by atoms with E-state index in [1.54, 1.807) is 0 Å². The van der Waals surface area contributed by atoms with Crippen LogP contribution in [0.2, 0.25) is 5.02 Å². The van der Waals surface area contributed by atoms with Crippen molar-refractivity contribution in [1.29, 1.82) is 0 Å². The summed E-state index contributed by atoms with van der Waals surface area (Å²) in [7, 11) is 0. The Bertz CT molecular complexity index is 615. The molecule has 108 valence electrons. The molecule has 1 fully saturated rings. The number of nitrogens with zero attached hydrogens (tertiary/aromatic N) is 4. The van der Waals surface area contributed by atoms with E-state index in [1.165, 1.54) is 5.69 Å². The highest BCUT2D eigenvalue weighted by molar-refractivity contribution is 6.31. The Morgan fingerprint density at radius 3 is 2.80 bits per heavy atom. The molecule has 0 bridgehead atoms. The monoisotopic (exact) mass is 293 g/mol.